The van der Waals surface area contributed by atoms with E-state index in [9.17, 15) is 5.11 Å². The minimum absolute atomic E-state index is 0.597. The van der Waals surface area contributed by atoms with E-state index in [1.807, 2.05) is 24.3 Å². The molecule has 1 atom stereocenters. The topological polar surface area (TPSA) is 38.7 Å². The third-order valence-electron chi connectivity index (χ3n) is 3.50. The van der Waals surface area contributed by atoms with E-state index in [-0.39, 0.29) is 0 Å². The molecular formula is C17H19BrO3. The van der Waals surface area contributed by atoms with Crippen molar-refractivity contribution in [3.05, 3.63) is 57.6 Å². The van der Waals surface area contributed by atoms with Gasteiger partial charge < -0.3 is 14.6 Å². The van der Waals surface area contributed by atoms with E-state index in [4.69, 9.17) is 9.47 Å². The molecule has 2 rings (SSSR count). The zero-order valence-electron chi connectivity index (χ0n) is 12.4. The highest BCUT2D eigenvalue weighted by molar-refractivity contribution is 9.10. The first-order valence-electron chi connectivity index (χ1n) is 6.79. The molecule has 112 valence electrons. The lowest BCUT2D eigenvalue weighted by molar-refractivity contribution is 0.218. The molecule has 0 aliphatic carbocycles. The number of aliphatic hydroxyl groups is 1. The third kappa shape index (κ3) is 3.39. The molecule has 0 amide bonds. The van der Waals surface area contributed by atoms with Gasteiger partial charge in [-0.25, -0.2) is 0 Å². The Balaban J connectivity index is 2.39. The molecule has 4 heteroatoms. The lowest BCUT2D eigenvalue weighted by Gasteiger charge is -2.17. The van der Waals surface area contributed by atoms with Crippen molar-refractivity contribution in [3.8, 4) is 11.5 Å². The molecule has 1 unspecified atom stereocenters. The maximum atomic E-state index is 10.6. The highest BCUT2D eigenvalue weighted by Gasteiger charge is 2.17. The van der Waals surface area contributed by atoms with Crippen LogP contribution < -0.4 is 9.47 Å². The van der Waals surface area contributed by atoms with Crippen LogP contribution in [0.4, 0.5) is 0 Å². The molecular weight excluding hydrogens is 332 g/mol. The second kappa shape index (κ2) is 6.96. The fourth-order valence-electron chi connectivity index (χ4n) is 2.19. The Bertz CT molecular complexity index is 608. The van der Waals surface area contributed by atoms with Gasteiger partial charge in [-0.05, 0) is 29.7 Å². The molecule has 0 heterocycles. The van der Waals surface area contributed by atoms with Crippen molar-refractivity contribution in [1.29, 1.82) is 0 Å². The van der Waals surface area contributed by atoms with Gasteiger partial charge in [0.05, 0.1) is 14.2 Å². The predicted molar refractivity (Wildman–Crippen MR) is 87.1 cm³/mol. The number of methoxy groups -OCH3 is 2. The van der Waals surface area contributed by atoms with Crippen LogP contribution in [0.2, 0.25) is 0 Å². The van der Waals surface area contributed by atoms with Crippen LogP contribution in [0.3, 0.4) is 0 Å². The Morgan fingerprint density at radius 3 is 2.14 bits per heavy atom. The minimum Gasteiger partial charge on any atom is -0.493 e. The van der Waals surface area contributed by atoms with Gasteiger partial charge in [-0.15, -0.1) is 0 Å². The maximum absolute atomic E-state index is 10.6. The van der Waals surface area contributed by atoms with Gasteiger partial charge in [-0.2, -0.15) is 0 Å². The molecule has 0 aromatic heterocycles. The van der Waals surface area contributed by atoms with Crippen LogP contribution >= 0.6 is 15.9 Å². The summed E-state index contributed by atoms with van der Waals surface area (Å²) in [5.74, 6) is 1.22. The standard InChI is InChI=1S/C17H19BrO3/c1-4-11-5-7-12(8-6-11)17(19)13-9-15(20-2)16(21-3)10-14(13)18/h5-10,17,19H,4H2,1-3H3. The van der Waals surface area contributed by atoms with E-state index < -0.39 is 6.10 Å². The molecule has 2 aromatic carbocycles. The number of ether oxygens (including phenoxy) is 2. The van der Waals surface area contributed by atoms with E-state index in [2.05, 4.69) is 22.9 Å². The molecule has 3 nitrogen and oxygen atoms in total. The van der Waals surface area contributed by atoms with E-state index >= 15 is 0 Å². The molecule has 0 spiro atoms. The fraction of sp³-hybridized carbons (Fsp3) is 0.294. The Kier molecular flexibility index (Phi) is 5.26. The zero-order valence-corrected chi connectivity index (χ0v) is 14.0. The number of rotatable bonds is 5. The van der Waals surface area contributed by atoms with Gasteiger partial charge in [-0.1, -0.05) is 47.1 Å². The molecule has 0 aliphatic rings. The highest BCUT2D eigenvalue weighted by Crippen LogP contribution is 2.37. The summed E-state index contributed by atoms with van der Waals surface area (Å²) in [4.78, 5) is 0. The van der Waals surface area contributed by atoms with Crippen LogP contribution in [0, 0.1) is 0 Å². The number of hydrogen-bond donors (Lipinski definition) is 1. The molecule has 0 fully saturated rings. The van der Waals surface area contributed by atoms with Gasteiger partial charge in [0.1, 0.15) is 6.10 Å². The lowest BCUT2D eigenvalue weighted by atomic mass is 9.99. The van der Waals surface area contributed by atoms with Gasteiger partial charge >= 0.3 is 0 Å². The molecule has 1 N–H and O–H groups in total. The van der Waals surface area contributed by atoms with Crippen LogP contribution in [0.25, 0.3) is 0 Å². The van der Waals surface area contributed by atoms with Crippen molar-refractivity contribution in [2.45, 2.75) is 19.4 Å². The monoisotopic (exact) mass is 350 g/mol. The fourth-order valence-corrected chi connectivity index (χ4v) is 2.73. The first-order valence-corrected chi connectivity index (χ1v) is 7.58. The number of benzene rings is 2. The smallest absolute Gasteiger partial charge is 0.161 e. The summed E-state index contributed by atoms with van der Waals surface area (Å²) in [6, 6.07) is 11.6. The molecule has 0 saturated heterocycles. The summed E-state index contributed by atoms with van der Waals surface area (Å²) in [6.45, 7) is 2.11. The molecule has 21 heavy (non-hydrogen) atoms. The van der Waals surface area contributed by atoms with Crippen molar-refractivity contribution in [1.82, 2.24) is 0 Å². The van der Waals surface area contributed by atoms with Crippen molar-refractivity contribution >= 4 is 15.9 Å². The SMILES string of the molecule is CCc1ccc(C(O)c2cc(OC)c(OC)cc2Br)cc1. The van der Waals surface area contributed by atoms with E-state index in [1.165, 1.54) is 5.56 Å². The summed E-state index contributed by atoms with van der Waals surface area (Å²) >= 11 is 3.48. The normalized spacial score (nSPS) is 12.0. The number of hydrogen-bond acceptors (Lipinski definition) is 3. The summed E-state index contributed by atoms with van der Waals surface area (Å²) in [7, 11) is 3.17. The second-order valence-electron chi connectivity index (χ2n) is 4.73. The maximum Gasteiger partial charge on any atom is 0.161 e. The highest BCUT2D eigenvalue weighted by atomic mass is 79.9. The zero-order chi connectivity index (χ0) is 15.4. The average Bonchev–Trinajstić information content (AvgIpc) is 2.54. The van der Waals surface area contributed by atoms with E-state index in [0.29, 0.717) is 11.5 Å². The Hall–Kier alpha value is -1.52. The molecule has 0 radical (unpaired) electrons. The third-order valence-corrected chi connectivity index (χ3v) is 4.19. The quantitative estimate of drug-likeness (QED) is 0.881. The number of halogens is 1. The lowest BCUT2D eigenvalue weighted by Crippen LogP contribution is -2.02. The van der Waals surface area contributed by atoms with Gasteiger partial charge in [0.15, 0.2) is 11.5 Å². The summed E-state index contributed by atoms with van der Waals surface area (Å²) in [5.41, 5.74) is 2.84. The molecule has 0 bridgehead atoms. The van der Waals surface area contributed by atoms with E-state index in [1.54, 1.807) is 26.4 Å². The van der Waals surface area contributed by atoms with E-state index in [0.717, 1.165) is 22.0 Å². The summed E-state index contributed by atoms with van der Waals surface area (Å²) in [6.07, 6.45) is 0.265. The van der Waals surface area contributed by atoms with Gasteiger partial charge in [0.2, 0.25) is 0 Å². The largest absolute Gasteiger partial charge is 0.493 e. The number of aliphatic hydroxyl groups excluding tert-OH is 1. The van der Waals surface area contributed by atoms with Crippen molar-refractivity contribution in [2.24, 2.45) is 0 Å². The van der Waals surface area contributed by atoms with Crippen LogP contribution in [-0.4, -0.2) is 19.3 Å². The Morgan fingerprint density at radius 1 is 1.05 bits per heavy atom. The van der Waals surface area contributed by atoms with Crippen molar-refractivity contribution in [2.75, 3.05) is 14.2 Å². The first-order chi connectivity index (χ1) is 10.1. The molecule has 0 aliphatic heterocycles. The Morgan fingerprint density at radius 2 is 1.62 bits per heavy atom. The molecule has 0 saturated carbocycles. The van der Waals surface area contributed by atoms with Crippen molar-refractivity contribution < 1.29 is 14.6 Å². The predicted octanol–water partition coefficient (Wildman–Crippen LogP) is 4.11. The van der Waals surface area contributed by atoms with Gasteiger partial charge in [-0.3, -0.25) is 0 Å². The summed E-state index contributed by atoms with van der Waals surface area (Å²) < 4.78 is 11.3. The number of aryl methyl sites for hydroxylation is 1. The summed E-state index contributed by atoms with van der Waals surface area (Å²) in [5, 5.41) is 10.6. The van der Waals surface area contributed by atoms with Crippen molar-refractivity contribution in [3.63, 3.8) is 0 Å². The van der Waals surface area contributed by atoms with Crippen LogP contribution in [0.1, 0.15) is 29.7 Å². The van der Waals surface area contributed by atoms with Gasteiger partial charge in [0.25, 0.3) is 0 Å². The second-order valence-corrected chi connectivity index (χ2v) is 5.58. The Labute approximate surface area is 133 Å². The van der Waals surface area contributed by atoms with Gasteiger partial charge in [0, 0.05) is 10.0 Å². The van der Waals surface area contributed by atoms with Crippen LogP contribution in [-0.2, 0) is 6.42 Å². The minimum atomic E-state index is -0.718. The first kappa shape index (κ1) is 15.9. The average molecular weight is 351 g/mol. The van der Waals surface area contributed by atoms with Crippen LogP contribution in [0.15, 0.2) is 40.9 Å². The van der Waals surface area contributed by atoms with Crippen LogP contribution in [0.5, 0.6) is 11.5 Å². The molecule has 2 aromatic rings.